The number of nitrogens with zero attached hydrogens (tertiary/aromatic N) is 1. The molecule has 0 saturated carbocycles. The first kappa shape index (κ1) is 12.1. The van der Waals surface area contributed by atoms with Crippen LogP contribution in [0.1, 0.15) is 0 Å². The van der Waals surface area contributed by atoms with Crippen LogP contribution >= 0.6 is 23.2 Å². The van der Waals surface area contributed by atoms with Gasteiger partial charge in [0, 0.05) is 10.7 Å². The predicted molar refractivity (Wildman–Crippen MR) is 80.3 cm³/mol. The number of nitrogens with two attached hydrogens (primary N) is 1. The average Bonchev–Trinajstić information content (AvgIpc) is 2.74. The molecule has 0 spiro atoms. The zero-order valence-corrected chi connectivity index (χ0v) is 11.3. The van der Waals surface area contributed by atoms with Gasteiger partial charge >= 0.3 is 0 Å². The molecule has 3 rings (SSSR count). The fourth-order valence-corrected chi connectivity index (χ4v) is 2.26. The van der Waals surface area contributed by atoms with Gasteiger partial charge in [-0.05, 0) is 36.4 Å². The highest BCUT2D eigenvalue weighted by atomic mass is 35.5. The van der Waals surface area contributed by atoms with Crippen LogP contribution in [0.2, 0.25) is 10.0 Å². The number of hydrogen-bond donors (Lipinski definition) is 3. The number of nitrogen functional groups attached to an aromatic ring is 1. The first-order chi connectivity index (χ1) is 9.11. The van der Waals surface area contributed by atoms with Crippen LogP contribution in [0.15, 0.2) is 36.4 Å². The lowest BCUT2D eigenvalue weighted by molar-refractivity contribution is 1.31. The molecule has 0 amide bonds. The van der Waals surface area contributed by atoms with Gasteiger partial charge in [-0.25, -0.2) is 4.98 Å². The molecule has 96 valence electrons. The van der Waals surface area contributed by atoms with Gasteiger partial charge in [-0.1, -0.05) is 23.2 Å². The van der Waals surface area contributed by atoms with Gasteiger partial charge in [0.1, 0.15) is 0 Å². The highest BCUT2D eigenvalue weighted by Gasteiger charge is 2.06. The minimum absolute atomic E-state index is 0.535. The van der Waals surface area contributed by atoms with Crippen molar-refractivity contribution in [3.63, 3.8) is 0 Å². The summed E-state index contributed by atoms with van der Waals surface area (Å²) in [6.45, 7) is 0. The van der Waals surface area contributed by atoms with E-state index in [-0.39, 0.29) is 0 Å². The van der Waals surface area contributed by atoms with Gasteiger partial charge in [0.05, 0.1) is 21.7 Å². The maximum Gasteiger partial charge on any atom is 0.205 e. The number of anilines is 3. The Morgan fingerprint density at radius 1 is 1.11 bits per heavy atom. The molecule has 0 radical (unpaired) electrons. The molecular formula is C13H10Cl2N4. The summed E-state index contributed by atoms with van der Waals surface area (Å²) in [6.07, 6.45) is 0. The third kappa shape index (κ3) is 2.45. The van der Waals surface area contributed by atoms with E-state index >= 15 is 0 Å². The standard InChI is InChI=1S/C13H10Cl2N4/c14-7-1-3-10(9(15)5-7)17-13-18-11-4-2-8(16)6-12(11)19-13/h1-6H,16H2,(H2,17,18,19). The molecule has 1 aromatic heterocycles. The van der Waals surface area contributed by atoms with Gasteiger partial charge in [-0.2, -0.15) is 0 Å². The van der Waals surface area contributed by atoms with Gasteiger partial charge in [-0.3, -0.25) is 0 Å². The third-order valence-electron chi connectivity index (χ3n) is 2.69. The summed E-state index contributed by atoms with van der Waals surface area (Å²) in [7, 11) is 0. The number of halogens is 2. The maximum absolute atomic E-state index is 6.09. The molecule has 6 heteroatoms. The first-order valence-electron chi connectivity index (χ1n) is 5.59. The van der Waals surface area contributed by atoms with Crippen molar-refractivity contribution < 1.29 is 0 Å². The SMILES string of the molecule is Nc1ccc2nc(Nc3ccc(Cl)cc3Cl)[nH]c2c1. The van der Waals surface area contributed by atoms with Crippen LogP contribution in [-0.2, 0) is 0 Å². The molecule has 0 aliphatic carbocycles. The average molecular weight is 293 g/mol. The van der Waals surface area contributed by atoms with Crippen LogP contribution in [-0.4, -0.2) is 9.97 Å². The lowest BCUT2D eigenvalue weighted by atomic mass is 10.3. The Labute approximate surface area is 119 Å². The Kier molecular flexibility index (Phi) is 2.97. The number of hydrogen-bond acceptors (Lipinski definition) is 3. The largest absolute Gasteiger partial charge is 0.399 e. The highest BCUT2D eigenvalue weighted by Crippen LogP contribution is 2.28. The van der Waals surface area contributed by atoms with Crippen LogP contribution < -0.4 is 11.1 Å². The van der Waals surface area contributed by atoms with Crippen molar-refractivity contribution >= 4 is 51.6 Å². The molecular weight excluding hydrogens is 283 g/mol. The number of imidazole rings is 1. The maximum atomic E-state index is 6.09. The number of benzene rings is 2. The van der Waals surface area contributed by atoms with E-state index in [4.69, 9.17) is 28.9 Å². The second-order valence-corrected chi connectivity index (χ2v) is 4.95. The minimum Gasteiger partial charge on any atom is -0.399 e. The van der Waals surface area contributed by atoms with Crippen molar-refractivity contribution in [2.45, 2.75) is 0 Å². The molecule has 0 unspecified atom stereocenters. The quantitative estimate of drug-likeness (QED) is 0.620. The molecule has 2 aromatic carbocycles. The Balaban J connectivity index is 1.96. The molecule has 0 fully saturated rings. The summed E-state index contributed by atoms with van der Waals surface area (Å²) in [5, 5.41) is 4.24. The number of rotatable bonds is 2. The smallest absolute Gasteiger partial charge is 0.205 e. The number of nitrogens with one attached hydrogen (secondary N) is 2. The van der Waals surface area contributed by atoms with E-state index in [2.05, 4.69) is 15.3 Å². The zero-order chi connectivity index (χ0) is 13.4. The van der Waals surface area contributed by atoms with Gasteiger partial charge in [0.2, 0.25) is 5.95 Å². The van der Waals surface area contributed by atoms with Crippen LogP contribution in [0, 0.1) is 0 Å². The first-order valence-corrected chi connectivity index (χ1v) is 6.35. The topological polar surface area (TPSA) is 66.7 Å². The molecule has 4 N–H and O–H groups in total. The lowest BCUT2D eigenvalue weighted by Crippen LogP contribution is -1.92. The van der Waals surface area contributed by atoms with Crippen molar-refractivity contribution in [3.05, 3.63) is 46.4 Å². The number of fused-ring (bicyclic) bond motifs is 1. The number of aromatic amines is 1. The zero-order valence-electron chi connectivity index (χ0n) is 9.74. The summed E-state index contributed by atoms with van der Waals surface area (Å²) < 4.78 is 0. The number of aromatic nitrogens is 2. The van der Waals surface area contributed by atoms with Crippen molar-refractivity contribution in [3.8, 4) is 0 Å². The van der Waals surface area contributed by atoms with E-state index in [1.54, 1.807) is 18.2 Å². The highest BCUT2D eigenvalue weighted by molar-refractivity contribution is 6.36. The molecule has 0 aliphatic rings. The fraction of sp³-hybridized carbons (Fsp3) is 0. The van der Waals surface area contributed by atoms with Crippen LogP contribution in [0.25, 0.3) is 11.0 Å². The van der Waals surface area contributed by atoms with Crippen LogP contribution in [0.5, 0.6) is 0 Å². The van der Waals surface area contributed by atoms with E-state index in [1.165, 1.54) is 0 Å². The summed E-state index contributed by atoms with van der Waals surface area (Å²) >= 11 is 11.9. The van der Waals surface area contributed by atoms with E-state index in [0.29, 0.717) is 21.7 Å². The molecule has 0 bridgehead atoms. The van der Waals surface area contributed by atoms with Crippen molar-refractivity contribution in [1.29, 1.82) is 0 Å². The molecule has 0 saturated heterocycles. The normalized spacial score (nSPS) is 10.8. The van der Waals surface area contributed by atoms with E-state index in [0.717, 1.165) is 16.7 Å². The monoisotopic (exact) mass is 292 g/mol. The van der Waals surface area contributed by atoms with E-state index < -0.39 is 0 Å². The molecule has 0 aliphatic heterocycles. The summed E-state index contributed by atoms with van der Waals surface area (Å²) in [5.74, 6) is 0.602. The van der Waals surface area contributed by atoms with Crippen molar-refractivity contribution in [2.75, 3.05) is 11.1 Å². The Morgan fingerprint density at radius 2 is 1.95 bits per heavy atom. The summed E-state index contributed by atoms with van der Waals surface area (Å²) in [6, 6.07) is 10.7. The Hall–Kier alpha value is -1.91. The Morgan fingerprint density at radius 3 is 2.74 bits per heavy atom. The second kappa shape index (κ2) is 4.64. The predicted octanol–water partition coefficient (Wildman–Crippen LogP) is 4.20. The molecule has 3 aromatic rings. The molecule has 4 nitrogen and oxygen atoms in total. The minimum atomic E-state index is 0.535. The summed E-state index contributed by atoms with van der Waals surface area (Å²) in [5.41, 5.74) is 8.85. The van der Waals surface area contributed by atoms with Gasteiger partial charge in [0.15, 0.2) is 0 Å². The van der Waals surface area contributed by atoms with E-state index in [9.17, 15) is 0 Å². The summed E-state index contributed by atoms with van der Waals surface area (Å²) in [4.78, 5) is 7.53. The van der Waals surface area contributed by atoms with E-state index in [1.807, 2.05) is 18.2 Å². The number of H-pyrrole nitrogens is 1. The third-order valence-corrected chi connectivity index (χ3v) is 3.24. The molecule has 19 heavy (non-hydrogen) atoms. The second-order valence-electron chi connectivity index (χ2n) is 4.11. The van der Waals surface area contributed by atoms with Crippen LogP contribution in [0.4, 0.5) is 17.3 Å². The van der Waals surface area contributed by atoms with Gasteiger partial charge in [0.25, 0.3) is 0 Å². The van der Waals surface area contributed by atoms with Gasteiger partial charge < -0.3 is 16.0 Å². The van der Waals surface area contributed by atoms with Crippen molar-refractivity contribution in [2.24, 2.45) is 0 Å². The fourth-order valence-electron chi connectivity index (χ4n) is 1.80. The Bertz CT molecular complexity index is 751. The van der Waals surface area contributed by atoms with Gasteiger partial charge in [-0.15, -0.1) is 0 Å². The molecule has 0 atom stereocenters. The van der Waals surface area contributed by atoms with Crippen LogP contribution in [0.3, 0.4) is 0 Å². The lowest BCUT2D eigenvalue weighted by Gasteiger charge is -2.05. The van der Waals surface area contributed by atoms with Crippen molar-refractivity contribution in [1.82, 2.24) is 9.97 Å². The molecule has 1 heterocycles.